The Hall–Kier alpha value is -1.96. The molecule has 3 aromatic rings. The molecule has 2 aliphatic rings. The van der Waals surface area contributed by atoms with E-state index in [1.54, 1.807) is 7.11 Å². The highest BCUT2D eigenvalue weighted by Gasteiger charge is 2.45. The predicted octanol–water partition coefficient (Wildman–Crippen LogP) is 4.66. The number of fused-ring (bicyclic) bond motifs is 3. The first-order chi connectivity index (χ1) is 14.5. The third-order valence-electron chi connectivity index (χ3n) is 6.57. The summed E-state index contributed by atoms with van der Waals surface area (Å²) in [4.78, 5) is 2.43. The summed E-state index contributed by atoms with van der Waals surface area (Å²) in [5.74, 6) is 0.825. The molecule has 1 aromatic heterocycles. The van der Waals surface area contributed by atoms with Crippen molar-refractivity contribution >= 4 is 26.8 Å². The molecule has 0 bridgehead atoms. The Morgan fingerprint density at radius 3 is 2.80 bits per heavy atom. The van der Waals surface area contributed by atoms with Crippen LogP contribution in [0.5, 0.6) is 5.75 Å². The summed E-state index contributed by atoms with van der Waals surface area (Å²) < 4.78 is 26.2. The van der Waals surface area contributed by atoms with Crippen molar-refractivity contribution in [2.24, 2.45) is 5.41 Å². The zero-order chi connectivity index (χ0) is 20.9. The summed E-state index contributed by atoms with van der Waals surface area (Å²) in [7, 11) is 1.70. The van der Waals surface area contributed by atoms with Crippen LogP contribution in [0.1, 0.15) is 29.7 Å². The van der Waals surface area contributed by atoms with Crippen LogP contribution in [-0.4, -0.2) is 54.7 Å². The van der Waals surface area contributed by atoms with Gasteiger partial charge >= 0.3 is 0 Å². The van der Waals surface area contributed by atoms with Gasteiger partial charge in [-0.15, -0.1) is 0 Å². The fraction of sp³-hybridized carbons (Fsp3) is 0.435. The molecule has 7 heteroatoms. The van der Waals surface area contributed by atoms with E-state index >= 15 is 0 Å². The smallest absolute Gasteiger partial charge is 0.125 e. The first kappa shape index (κ1) is 20.0. The van der Waals surface area contributed by atoms with E-state index in [1.807, 2.05) is 18.3 Å². The summed E-state index contributed by atoms with van der Waals surface area (Å²) >= 11 is 3.56. The summed E-state index contributed by atoms with van der Waals surface area (Å²) in [5.41, 5.74) is 4.25. The zero-order valence-corrected chi connectivity index (χ0v) is 18.7. The third kappa shape index (κ3) is 3.15. The van der Waals surface area contributed by atoms with Crippen molar-refractivity contribution < 1.29 is 13.9 Å². The van der Waals surface area contributed by atoms with Crippen molar-refractivity contribution in [3.05, 3.63) is 57.7 Å². The highest BCUT2D eigenvalue weighted by molar-refractivity contribution is 9.10. The highest BCUT2D eigenvalue weighted by atomic mass is 79.9. The Morgan fingerprint density at radius 1 is 1.30 bits per heavy atom. The molecule has 158 valence electrons. The minimum Gasteiger partial charge on any atom is -0.496 e. The first-order valence-electron chi connectivity index (χ1n) is 10.2. The van der Waals surface area contributed by atoms with Crippen LogP contribution in [0.25, 0.3) is 10.9 Å². The van der Waals surface area contributed by atoms with Gasteiger partial charge < -0.3 is 9.47 Å². The van der Waals surface area contributed by atoms with Crippen molar-refractivity contribution in [3.63, 3.8) is 0 Å². The van der Waals surface area contributed by atoms with E-state index in [1.165, 1.54) is 11.1 Å². The number of aromatic amines is 1. The molecule has 0 amide bonds. The number of nitrogens with zero attached hydrogens (tertiary/aromatic N) is 2. The molecule has 1 saturated heterocycles. The number of H-pyrrole nitrogens is 1. The van der Waals surface area contributed by atoms with E-state index in [9.17, 15) is 4.39 Å². The fourth-order valence-corrected chi connectivity index (χ4v) is 5.26. The highest BCUT2D eigenvalue weighted by Crippen LogP contribution is 2.45. The van der Waals surface area contributed by atoms with Crippen molar-refractivity contribution in [2.45, 2.75) is 25.4 Å². The number of ether oxygens (including phenoxy) is 2. The van der Waals surface area contributed by atoms with E-state index in [-0.39, 0.29) is 18.8 Å². The lowest BCUT2D eigenvalue weighted by molar-refractivity contribution is -0.143. The fourth-order valence-electron chi connectivity index (χ4n) is 4.92. The molecule has 5 rings (SSSR count). The van der Waals surface area contributed by atoms with Crippen LogP contribution in [-0.2, 0) is 11.2 Å². The first-order valence-corrected chi connectivity index (χ1v) is 11.0. The number of alkyl halides is 1. The standard InChI is InChI=1S/C23H25BrFN3O2/c1-14-7-18-16(5-6-20-19(18)9-26-27-20)22(17-4-3-15(24)8-21(17)29-2)28(14)11-23(10-25)12-30-13-23/h3-6,8-9,14,22H,7,10-13H2,1-2H3,(H,26,27)/t14-,22+/m1/s1. The van der Waals surface area contributed by atoms with Gasteiger partial charge in [-0.25, -0.2) is 0 Å². The molecule has 0 saturated carbocycles. The van der Waals surface area contributed by atoms with E-state index in [4.69, 9.17) is 9.47 Å². The summed E-state index contributed by atoms with van der Waals surface area (Å²) in [6.07, 6.45) is 2.81. The number of hydrogen-bond acceptors (Lipinski definition) is 4. The van der Waals surface area contributed by atoms with Gasteiger partial charge in [0.15, 0.2) is 0 Å². The summed E-state index contributed by atoms with van der Waals surface area (Å²) in [5, 5.41) is 8.50. The van der Waals surface area contributed by atoms with Crippen molar-refractivity contribution in [3.8, 4) is 5.75 Å². The number of benzene rings is 2. The molecule has 3 heterocycles. The Balaban J connectivity index is 1.68. The molecule has 0 radical (unpaired) electrons. The van der Waals surface area contributed by atoms with Gasteiger partial charge in [0, 0.05) is 28.0 Å². The monoisotopic (exact) mass is 473 g/mol. The second-order valence-corrected chi connectivity index (χ2v) is 9.52. The van der Waals surface area contributed by atoms with Crippen molar-refractivity contribution in [1.29, 1.82) is 0 Å². The second-order valence-electron chi connectivity index (χ2n) is 8.61. The summed E-state index contributed by atoms with van der Waals surface area (Å²) in [6.45, 7) is 3.46. The molecule has 1 N–H and O–H groups in total. The van der Waals surface area contributed by atoms with Crippen molar-refractivity contribution in [1.82, 2.24) is 15.1 Å². The third-order valence-corrected chi connectivity index (χ3v) is 7.07. The van der Waals surface area contributed by atoms with Gasteiger partial charge in [0.1, 0.15) is 12.4 Å². The van der Waals surface area contributed by atoms with Gasteiger partial charge in [-0.1, -0.05) is 28.1 Å². The maximum atomic E-state index is 14.0. The van der Waals surface area contributed by atoms with Gasteiger partial charge in [-0.05, 0) is 42.7 Å². The van der Waals surface area contributed by atoms with Crippen LogP contribution < -0.4 is 4.74 Å². The van der Waals surface area contributed by atoms with Gasteiger partial charge in [-0.2, -0.15) is 5.10 Å². The normalized spacial score (nSPS) is 23.2. The largest absolute Gasteiger partial charge is 0.496 e. The van der Waals surface area contributed by atoms with E-state index in [0.717, 1.165) is 33.1 Å². The number of halogens is 2. The van der Waals surface area contributed by atoms with Crippen molar-refractivity contribution in [2.75, 3.05) is 33.5 Å². The predicted molar refractivity (Wildman–Crippen MR) is 118 cm³/mol. The SMILES string of the molecule is COc1cc(Br)ccc1[C@@H]1c2ccc3[nH]ncc3c2C[C@@H](C)N1CC1(CF)COC1. The minimum absolute atomic E-state index is 0.0323. The molecular formula is C23H25BrFN3O2. The van der Waals surface area contributed by atoms with Crippen LogP contribution in [0.3, 0.4) is 0 Å². The van der Waals surface area contributed by atoms with Crippen LogP contribution >= 0.6 is 15.9 Å². The molecule has 1 fully saturated rings. The number of rotatable bonds is 5. The number of nitrogens with one attached hydrogen (secondary N) is 1. The van der Waals surface area contributed by atoms with Crippen LogP contribution in [0, 0.1) is 5.41 Å². The van der Waals surface area contributed by atoms with Crippen LogP contribution in [0.4, 0.5) is 4.39 Å². The molecule has 5 nitrogen and oxygen atoms in total. The molecule has 2 atom stereocenters. The van der Waals surface area contributed by atoms with E-state index in [2.05, 4.69) is 56.2 Å². The number of hydrogen-bond donors (Lipinski definition) is 1. The molecule has 30 heavy (non-hydrogen) atoms. The molecule has 0 spiro atoms. The Morgan fingerprint density at radius 2 is 2.10 bits per heavy atom. The molecule has 2 aliphatic heterocycles. The lowest BCUT2D eigenvalue weighted by atomic mass is 9.79. The average Bonchev–Trinajstić information content (AvgIpc) is 3.20. The Kier molecular flexibility index (Phi) is 5.08. The minimum atomic E-state index is -0.424. The maximum absolute atomic E-state index is 14.0. The second kappa shape index (κ2) is 7.62. The van der Waals surface area contributed by atoms with Gasteiger partial charge in [0.05, 0.1) is 43.5 Å². The lowest BCUT2D eigenvalue weighted by Crippen LogP contribution is -2.56. The number of aromatic nitrogens is 2. The van der Waals surface area contributed by atoms with E-state index in [0.29, 0.717) is 19.8 Å². The van der Waals surface area contributed by atoms with E-state index < -0.39 is 5.41 Å². The van der Waals surface area contributed by atoms with Gasteiger partial charge in [0.2, 0.25) is 0 Å². The summed E-state index contributed by atoms with van der Waals surface area (Å²) in [6, 6.07) is 10.6. The van der Waals surface area contributed by atoms with Crippen LogP contribution in [0.2, 0.25) is 0 Å². The molecular weight excluding hydrogens is 449 g/mol. The number of methoxy groups -OCH3 is 1. The molecule has 0 aliphatic carbocycles. The quantitative estimate of drug-likeness (QED) is 0.585. The molecule has 0 unspecified atom stereocenters. The van der Waals surface area contributed by atoms with Gasteiger partial charge in [0.25, 0.3) is 0 Å². The maximum Gasteiger partial charge on any atom is 0.125 e. The Bertz CT molecular complexity index is 1080. The average molecular weight is 474 g/mol. The Labute approximate surface area is 183 Å². The molecule has 2 aromatic carbocycles. The lowest BCUT2D eigenvalue weighted by Gasteiger charge is -2.49. The van der Waals surface area contributed by atoms with Gasteiger partial charge in [-0.3, -0.25) is 14.4 Å². The van der Waals surface area contributed by atoms with Crippen LogP contribution in [0.15, 0.2) is 41.0 Å². The topological polar surface area (TPSA) is 50.4 Å². The zero-order valence-electron chi connectivity index (χ0n) is 17.1.